The van der Waals surface area contributed by atoms with Crippen LogP contribution >= 0.6 is 11.6 Å². The monoisotopic (exact) mass is 456 g/mol. The van der Waals surface area contributed by atoms with Crippen LogP contribution in [0.1, 0.15) is 62.6 Å². The summed E-state index contributed by atoms with van der Waals surface area (Å²) in [5.41, 5.74) is 2.56. The van der Waals surface area contributed by atoms with Crippen LogP contribution in [0.4, 0.5) is 5.69 Å². The maximum absolute atomic E-state index is 12.5. The van der Waals surface area contributed by atoms with E-state index >= 15 is 0 Å². The zero-order chi connectivity index (χ0) is 23.5. The van der Waals surface area contributed by atoms with Gasteiger partial charge in [0.1, 0.15) is 5.75 Å². The maximum atomic E-state index is 12.5. The van der Waals surface area contributed by atoms with Crippen molar-refractivity contribution in [1.82, 2.24) is 5.32 Å². The Morgan fingerprint density at radius 1 is 1.22 bits per heavy atom. The Morgan fingerprint density at radius 3 is 2.50 bits per heavy atom. The van der Waals surface area contributed by atoms with Crippen LogP contribution < -0.4 is 15.4 Å². The molecule has 1 heterocycles. The average Bonchev–Trinajstić information content (AvgIpc) is 2.75. The smallest absolute Gasteiger partial charge is 0.262 e. The molecule has 1 fully saturated rings. The number of anilines is 1. The van der Waals surface area contributed by atoms with Gasteiger partial charge in [0, 0.05) is 17.1 Å². The largest absolute Gasteiger partial charge is 0.483 e. The van der Waals surface area contributed by atoms with Gasteiger partial charge in [0.15, 0.2) is 6.61 Å². The van der Waals surface area contributed by atoms with E-state index in [1.165, 1.54) is 0 Å². The van der Waals surface area contributed by atoms with Crippen molar-refractivity contribution in [3.05, 3.63) is 58.1 Å². The van der Waals surface area contributed by atoms with Crippen LogP contribution in [0.15, 0.2) is 36.4 Å². The zero-order valence-corrected chi connectivity index (χ0v) is 19.6. The molecule has 6 nitrogen and oxygen atoms in total. The summed E-state index contributed by atoms with van der Waals surface area (Å²) in [7, 11) is 0. The van der Waals surface area contributed by atoms with Crippen LogP contribution in [0.2, 0.25) is 5.02 Å². The Bertz CT molecular complexity index is 1030. The van der Waals surface area contributed by atoms with E-state index in [2.05, 4.69) is 10.6 Å². The van der Waals surface area contributed by atoms with Gasteiger partial charge >= 0.3 is 0 Å². The van der Waals surface area contributed by atoms with Gasteiger partial charge in [-0.05, 0) is 66.6 Å². The fourth-order valence-electron chi connectivity index (χ4n) is 4.03. The molecule has 1 aliphatic heterocycles. The number of carbonyl (C=O) groups excluding carboxylic acids is 3. The van der Waals surface area contributed by atoms with E-state index in [9.17, 15) is 14.4 Å². The quantitative estimate of drug-likeness (QED) is 0.582. The molecule has 0 bridgehead atoms. The van der Waals surface area contributed by atoms with Crippen LogP contribution in [-0.4, -0.2) is 24.3 Å². The minimum absolute atomic E-state index is 0.133. The minimum Gasteiger partial charge on any atom is -0.483 e. The van der Waals surface area contributed by atoms with Gasteiger partial charge < -0.3 is 10.1 Å². The molecule has 0 saturated carbocycles. The van der Waals surface area contributed by atoms with E-state index in [1.807, 2.05) is 52.0 Å². The van der Waals surface area contributed by atoms with E-state index in [0.29, 0.717) is 35.7 Å². The molecule has 1 unspecified atom stereocenters. The molecule has 2 aromatic carbocycles. The van der Waals surface area contributed by atoms with Gasteiger partial charge in [0.25, 0.3) is 5.91 Å². The lowest BCUT2D eigenvalue weighted by atomic mass is 9.72. The van der Waals surface area contributed by atoms with Gasteiger partial charge in [-0.25, -0.2) is 0 Å². The first kappa shape index (κ1) is 23.8. The first-order valence-electron chi connectivity index (χ1n) is 10.8. The van der Waals surface area contributed by atoms with Gasteiger partial charge in [-0.1, -0.05) is 44.5 Å². The SMILES string of the molecule is CCC1(c2ccc(NC(=O)COc3cc(C)c(Cl)cc3C(C)C)cc2)CCC(=O)NC1=O. The first-order chi connectivity index (χ1) is 15.2. The Morgan fingerprint density at radius 2 is 1.91 bits per heavy atom. The lowest BCUT2D eigenvalue weighted by molar-refractivity contribution is -0.138. The van der Waals surface area contributed by atoms with Crippen LogP contribution in [0.5, 0.6) is 5.75 Å². The number of halogens is 1. The number of aryl methyl sites for hydroxylation is 1. The number of nitrogens with one attached hydrogen (secondary N) is 2. The van der Waals surface area contributed by atoms with Gasteiger partial charge in [0.05, 0.1) is 5.41 Å². The predicted molar refractivity (Wildman–Crippen MR) is 125 cm³/mol. The molecule has 3 rings (SSSR count). The Labute approximate surface area is 193 Å². The fraction of sp³-hybridized carbons (Fsp3) is 0.400. The van der Waals surface area contributed by atoms with Crippen molar-refractivity contribution in [3.63, 3.8) is 0 Å². The molecule has 1 aliphatic rings. The molecular weight excluding hydrogens is 428 g/mol. The molecule has 1 saturated heterocycles. The lowest BCUT2D eigenvalue weighted by Crippen LogP contribution is -2.51. The van der Waals surface area contributed by atoms with Crippen molar-refractivity contribution in [2.45, 2.75) is 58.3 Å². The van der Waals surface area contributed by atoms with Crippen molar-refractivity contribution in [3.8, 4) is 5.75 Å². The first-order valence-corrected chi connectivity index (χ1v) is 11.2. The summed E-state index contributed by atoms with van der Waals surface area (Å²) in [4.78, 5) is 36.5. The third-order valence-electron chi connectivity index (χ3n) is 6.06. The highest BCUT2D eigenvalue weighted by Gasteiger charge is 2.42. The van der Waals surface area contributed by atoms with Crippen molar-refractivity contribution < 1.29 is 19.1 Å². The van der Waals surface area contributed by atoms with Crippen LogP contribution in [0.25, 0.3) is 0 Å². The van der Waals surface area contributed by atoms with Crippen LogP contribution in [0.3, 0.4) is 0 Å². The summed E-state index contributed by atoms with van der Waals surface area (Å²) >= 11 is 6.23. The van der Waals surface area contributed by atoms with E-state index < -0.39 is 5.41 Å². The van der Waals surface area contributed by atoms with Crippen molar-refractivity contribution >= 4 is 35.0 Å². The van der Waals surface area contributed by atoms with Crippen LogP contribution in [-0.2, 0) is 19.8 Å². The number of hydrogen-bond acceptors (Lipinski definition) is 4. The third-order valence-corrected chi connectivity index (χ3v) is 6.47. The zero-order valence-electron chi connectivity index (χ0n) is 18.9. The number of piperidine rings is 1. The molecule has 2 N–H and O–H groups in total. The van der Waals surface area contributed by atoms with E-state index in [4.69, 9.17) is 16.3 Å². The lowest BCUT2D eigenvalue weighted by Gasteiger charge is -2.35. The number of amides is 3. The second-order valence-corrected chi connectivity index (χ2v) is 8.93. The second kappa shape index (κ2) is 9.74. The summed E-state index contributed by atoms with van der Waals surface area (Å²) in [5, 5.41) is 5.94. The molecule has 0 spiro atoms. The molecule has 0 aliphatic carbocycles. The standard InChI is InChI=1S/C25H29ClN2O4/c1-5-25(11-10-22(29)28-24(25)31)17-6-8-18(9-7-17)27-23(30)14-32-21-12-16(4)20(26)13-19(21)15(2)3/h6-9,12-13,15H,5,10-11,14H2,1-4H3,(H,27,30)(H,28,29,31). The molecule has 3 amide bonds. The van der Waals surface area contributed by atoms with Crippen LogP contribution in [0, 0.1) is 6.92 Å². The molecule has 7 heteroatoms. The van der Waals surface area contributed by atoms with Gasteiger partial charge in [-0.3, -0.25) is 19.7 Å². The molecule has 0 radical (unpaired) electrons. The summed E-state index contributed by atoms with van der Waals surface area (Å²) in [6, 6.07) is 10.9. The van der Waals surface area contributed by atoms with Gasteiger partial charge in [-0.2, -0.15) is 0 Å². The fourth-order valence-corrected chi connectivity index (χ4v) is 4.20. The molecule has 1 atom stereocenters. The topological polar surface area (TPSA) is 84.5 Å². The van der Waals surface area contributed by atoms with E-state index in [0.717, 1.165) is 16.7 Å². The molecule has 170 valence electrons. The van der Waals surface area contributed by atoms with Crippen molar-refractivity contribution in [2.24, 2.45) is 0 Å². The van der Waals surface area contributed by atoms with Gasteiger partial charge in [-0.15, -0.1) is 0 Å². The number of rotatable bonds is 7. The number of ether oxygens (including phenoxy) is 1. The minimum atomic E-state index is -0.723. The van der Waals surface area contributed by atoms with E-state index in [-0.39, 0.29) is 30.2 Å². The summed E-state index contributed by atoms with van der Waals surface area (Å²) in [5.74, 6) is 0.0680. The molecule has 0 aromatic heterocycles. The molecular formula is C25H29ClN2O4. The Hall–Kier alpha value is -2.86. The normalized spacial score (nSPS) is 18.4. The highest BCUT2D eigenvalue weighted by atomic mass is 35.5. The number of carbonyl (C=O) groups is 3. The Balaban J connectivity index is 1.66. The average molecular weight is 457 g/mol. The van der Waals surface area contributed by atoms with Crippen molar-refractivity contribution in [1.29, 1.82) is 0 Å². The highest BCUT2D eigenvalue weighted by molar-refractivity contribution is 6.31. The number of benzene rings is 2. The molecule has 32 heavy (non-hydrogen) atoms. The van der Waals surface area contributed by atoms with Crippen molar-refractivity contribution in [2.75, 3.05) is 11.9 Å². The summed E-state index contributed by atoms with van der Waals surface area (Å²) in [6.45, 7) is 7.78. The Kier molecular flexibility index (Phi) is 7.24. The third kappa shape index (κ3) is 4.96. The summed E-state index contributed by atoms with van der Waals surface area (Å²) in [6.07, 6.45) is 1.38. The summed E-state index contributed by atoms with van der Waals surface area (Å²) < 4.78 is 5.79. The molecule has 2 aromatic rings. The number of hydrogen-bond donors (Lipinski definition) is 2. The predicted octanol–water partition coefficient (Wildman–Crippen LogP) is 4.87. The van der Waals surface area contributed by atoms with Gasteiger partial charge in [0.2, 0.25) is 11.8 Å². The van der Waals surface area contributed by atoms with E-state index in [1.54, 1.807) is 12.1 Å². The highest BCUT2D eigenvalue weighted by Crippen LogP contribution is 2.36. The second-order valence-electron chi connectivity index (χ2n) is 8.52. The number of imide groups is 1. The maximum Gasteiger partial charge on any atom is 0.262 e.